The number of hydrogen-bond acceptors (Lipinski definition) is 2. The van der Waals surface area contributed by atoms with E-state index in [-0.39, 0.29) is 23.7 Å². The lowest BCUT2D eigenvalue weighted by molar-refractivity contribution is 0.0948. The van der Waals surface area contributed by atoms with Crippen LogP contribution in [-0.4, -0.2) is 10.5 Å². The van der Waals surface area contributed by atoms with Crippen molar-refractivity contribution in [3.05, 3.63) is 69.1 Å². The molecule has 1 aromatic carbocycles. The number of nitrogens with zero attached hydrogens (tertiary/aromatic N) is 1. The molecule has 23 heavy (non-hydrogen) atoms. The third-order valence-electron chi connectivity index (χ3n) is 3.93. The summed E-state index contributed by atoms with van der Waals surface area (Å²) in [4.78, 5) is 24.7. The molecule has 1 saturated carbocycles. The molecule has 0 atom stereocenters. The summed E-state index contributed by atoms with van der Waals surface area (Å²) in [6.45, 7) is 1.72. The number of aromatic nitrogens is 1. The molecule has 2 aromatic rings. The second-order valence-electron chi connectivity index (χ2n) is 5.75. The van der Waals surface area contributed by atoms with Crippen molar-refractivity contribution in [1.82, 2.24) is 9.88 Å². The first kappa shape index (κ1) is 15.4. The van der Waals surface area contributed by atoms with Crippen LogP contribution in [0.25, 0.3) is 0 Å². The minimum Gasteiger partial charge on any atom is -0.348 e. The van der Waals surface area contributed by atoms with Gasteiger partial charge < -0.3 is 9.88 Å². The second-order valence-corrected chi connectivity index (χ2v) is 5.75. The quantitative estimate of drug-likeness (QED) is 0.942. The van der Waals surface area contributed by atoms with Crippen LogP contribution in [0.3, 0.4) is 0 Å². The van der Waals surface area contributed by atoms with E-state index in [4.69, 9.17) is 0 Å². The van der Waals surface area contributed by atoms with Gasteiger partial charge in [0.25, 0.3) is 11.5 Å². The smallest absolute Gasteiger partial charge is 0.263 e. The second kappa shape index (κ2) is 5.95. The Bertz CT molecular complexity index is 826. The van der Waals surface area contributed by atoms with E-state index in [9.17, 15) is 18.4 Å². The van der Waals surface area contributed by atoms with Crippen LogP contribution in [0.5, 0.6) is 0 Å². The minimum absolute atomic E-state index is 0.0211. The van der Waals surface area contributed by atoms with Gasteiger partial charge in [-0.2, -0.15) is 0 Å². The highest BCUT2D eigenvalue weighted by Gasteiger charge is 2.26. The first-order valence-corrected chi connectivity index (χ1v) is 7.41. The monoisotopic (exact) mass is 318 g/mol. The Balaban J connectivity index is 1.79. The number of pyridine rings is 1. The Morgan fingerprint density at radius 1 is 1.26 bits per heavy atom. The summed E-state index contributed by atoms with van der Waals surface area (Å²) in [5.74, 6) is -2.41. The fraction of sp³-hybridized carbons (Fsp3) is 0.294. The van der Waals surface area contributed by atoms with Crippen molar-refractivity contribution in [2.24, 2.45) is 0 Å². The number of nitrogens with one attached hydrogen (secondary N) is 1. The number of rotatable bonds is 4. The SMILES string of the molecule is Cc1ccn(C2CC2)c(=O)c1C(=O)NCc1ccc(F)c(F)c1. The molecule has 120 valence electrons. The maximum atomic E-state index is 13.2. The maximum absolute atomic E-state index is 13.2. The first-order chi connectivity index (χ1) is 11.0. The molecule has 0 unspecified atom stereocenters. The lowest BCUT2D eigenvalue weighted by Crippen LogP contribution is -2.33. The highest BCUT2D eigenvalue weighted by Crippen LogP contribution is 2.33. The molecular formula is C17H16F2N2O2. The Labute approximate surface area is 131 Å². The van der Waals surface area contributed by atoms with E-state index in [2.05, 4.69) is 5.32 Å². The third kappa shape index (κ3) is 3.16. The molecule has 1 fully saturated rings. The van der Waals surface area contributed by atoms with E-state index in [1.165, 1.54) is 6.07 Å². The van der Waals surface area contributed by atoms with Gasteiger partial charge in [-0.1, -0.05) is 6.07 Å². The molecule has 1 N–H and O–H groups in total. The Hall–Kier alpha value is -2.50. The van der Waals surface area contributed by atoms with Gasteiger partial charge in [0.1, 0.15) is 5.56 Å². The van der Waals surface area contributed by atoms with Crippen molar-refractivity contribution in [3.63, 3.8) is 0 Å². The Morgan fingerprint density at radius 2 is 2.00 bits per heavy atom. The topological polar surface area (TPSA) is 51.1 Å². The van der Waals surface area contributed by atoms with Gasteiger partial charge in [0.05, 0.1) is 0 Å². The van der Waals surface area contributed by atoms with Crippen molar-refractivity contribution in [1.29, 1.82) is 0 Å². The van der Waals surface area contributed by atoms with E-state index < -0.39 is 17.5 Å². The third-order valence-corrected chi connectivity index (χ3v) is 3.93. The van der Waals surface area contributed by atoms with Crippen LogP contribution in [0.4, 0.5) is 8.78 Å². The average molecular weight is 318 g/mol. The number of aryl methyl sites for hydroxylation is 1. The number of hydrogen-bond donors (Lipinski definition) is 1. The van der Waals surface area contributed by atoms with Gasteiger partial charge in [-0.05, 0) is 49.1 Å². The van der Waals surface area contributed by atoms with E-state index >= 15 is 0 Å². The van der Waals surface area contributed by atoms with Gasteiger partial charge in [-0.25, -0.2) is 8.78 Å². The van der Waals surface area contributed by atoms with Crippen molar-refractivity contribution in [2.75, 3.05) is 0 Å². The molecule has 0 spiro atoms. The molecule has 0 aliphatic heterocycles. The Kier molecular flexibility index (Phi) is 3.98. The lowest BCUT2D eigenvalue weighted by atomic mass is 10.1. The molecule has 1 heterocycles. The van der Waals surface area contributed by atoms with Gasteiger partial charge in [-0.3, -0.25) is 9.59 Å². The first-order valence-electron chi connectivity index (χ1n) is 7.41. The van der Waals surface area contributed by atoms with Crippen LogP contribution in [0.2, 0.25) is 0 Å². The van der Waals surface area contributed by atoms with Crippen LogP contribution < -0.4 is 10.9 Å². The number of carbonyl (C=O) groups excluding carboxylic acids is 1. The summed E-state index contributed by atoms with van der Waals surface area (Å²) >= 11 is 0. The van der Waals surface area contributed by atoms with E-state index in [0.717, 1.165) is 25.0 Å². The van der Waals surface area contributed by atoms with Gasteiger partial charge in [0, 0.05) is 18.8 Å². The van der Waals surface area contributed by atoms with Crippen LogP contribution >= 0.6 is 0 Å². The van der Waals surface area contributed by atoms with E-state index in [1.807, 2.05) is 0 Å². The van der Waals surface area contributed by atoms with E-state index in [1.54, 1.807) is 23.8 Å². The fourth-order valence-electron chi connectivity index (χ4n) is 2.48. The zero-order valence-corrected chi connectivity index (χ0v) is 12.6. The summed E-state index contributed by atoms with van der Waals surface area (Å²) in [5.41, 5.74) is 0.806. The molecular weight excluding hydrogens is 302 g/mol. The maximum Gasteiger partial charge on any atom is 0.263 e. The molecule has 1 aliphatic carbocycles. The summed E-state index contributed by atoms with van der Waals surface area (Å²) in [6, 6.07) is 5.34. The molecule has 0 radical (unpaired) electrons. The van der Waals surface area contributed by atoms with Crippen LogP contribution in [-0.2, 0) is 6.54 Å². The number of benzene rings is 1. The minimum atomic E-state index is -0.969. The highest BCUT2D eigenvalue weighted by molar-refractivity contribution is 5.95. The summed E-state index contributed by atoms with van der Waals surface area (Å²) < 4.78 is 27.6. The Morgan fingerprint density at radius 3 is 2.65 bits per heavy atom. The summed E-state index contributed by atoms with van der Waals surface area (Å²) in [7, 11) is 0. The van der Waals surface area contributed by atoms with Gasteiger partial charge in [-0.15, -0.1) is 0 Å². The predicted molar refractivity (Wildman–Crippen MR) is 81.2 cm³/mol. The molecule has 1 aliphatic rings. The van der Waals surface area contributed by atoms with Crippen LogP contribution in [0.1, 0.15) is 40.4 Å². The van der Waals surface area contributed by atoms with Crippen molar-refractivity contribution >= 4 is 5.91 Å². The van der Waals surface area contributed by atoms with E-state index in [0.29, 0.717) is 11.1 Å². The van der Waals surface area contributed by atoms with Crippen LogP contribution in [0, 0.1) is 18.6 Å². The summed E-state index contributed by atoms with van der Waals surface area (Å²) in [5, 5.41) is 2.59. The molecule has 1 amide bonds. The zero-order chi connectivity index (χ0) is 16.6. The van der Waals surface area contributed by atoms with Crippen molar-refractivity contribution in [2.45, 2.75) is 32.4 Å². The molecule has 1 aromatic heterocycles. The number of halogens is 2. The number of amides is 1. The van der Waals surface area contributed by atoms with Gasteiger partial charge in [0.2, 0.25) is 0 Å². The fourth-order valence-corrected chi connectivity index (χ4v) is 2.48. The van der Waals surface area contributed by atoms with Crippen LogP contribution in [0.15, 0.2) is 35.3 Å². The summed E-state index contributed by atoms with van der Waals surface area (Å²) in [6.07, 6.45) is 3.60. The lowest BCUT2D eigenvalue weighted by Gasteiger charge is -2.10. The number of carbonyl (C=O) groups is 1. The molecule has 6 heteroatoms. The standard InChI is InChI=1S/C17H16F2N2O2/c1-10-6-7-21(12-3-4-12)17(23)15(10)16(22)20-9-11-2-5-13(18)14(19)8-11/h2,5-8,12H,3-4,9H2,1H3,(H,20,22). The van der Waals surface area contributed by atoms with Crippen molar-refractivity contribution < 1.29 is 13.6 Å². The predicted octanol–water partition coefficient (Wildman–Crippen LogP) is 2.70. The molecule has 4 nitrogen and oxygen atoms in total. The molecule has 0 bridgehead atoms. The normalized spacial score (nSPS) is 13.9. The average Bonchev–Trinajstić information content (AvgIpc) is 3.33. The van der Waals surface area contributed by atoms with Gasteiger partial charge in [0.15, 0.2) is 11.6 Å². The van der Waals surface area contributed by atoms with Gasteiger partial charge >= 0.3 is 0 Å². The molecule has 3 rings (SSSR count). The van der Waals surface area contributed by atoms with Crippen molar-refractivity contribution in [3.8, 4) is 0 Å². The highest BCUT2D eigenvalue weighted by atomic mass is 19.2. The largest absolute Gasteiger partial charge is 0.348 e. The zero-order valence-electron chi connectivity index (χ0n) is 12.6. The molecule has 0 saturated heterocycles.